The second-order valence-corrected chi connectivity index (χ2v) is 6.85. The molecule has 0 atom stereocenters. The largest absolute Gasteiger partial charge is 0.500 e. The molecule has 0 aliphatic heterocycles. The number of aromatic nitrogens is 1. The molecule has 1 heterocycles. The van der Waals surface area contributed by atoms with E-state index in [4.69, 9.17) is 4.74 Å². The van der Waals surface area contributed by atoms with Crippen LogP contribution in [0.2, 0.25) is 0 Å². The molecule has 10 heteroatoms. The first-order valence-corrected chi connectivity index (χ1v) is 9.14. The molecule has 0 spiro atoms. The predicted octanol–water partition coefficient (Wildman–Crippen LogP) is 3.50. The van der Waals surface area contributed by atoms with Crippen molar-refractivity contribution >= 4 is 29.1 Å². The van der Waals surface area contributed by atoms with E-state index in [0.29, 0.717) is 10.6 Å². The van der Waals surface area contributed by atoms with Crippen LogP contribution in [0.15, 0.2) is 47.6 Å². The SMILES string of the molecule is COc1cc(/C=N/NC(=O)c2sc(-c3ccccc3)nc2C)cc([N+](=O)[O-])c1O. The number of benzene rings is 2. The number of hydrogen-bond acceptors (Lipinski definition) is 8. The van der Waals surface area contributed by atoms with E-state index in [1.807, 2.05) is 30.3 Å². The molecule has 3 aromatic rings. The molecule has 0 fully saturated rings. The molecule has 29 heavy (non-hydrogen) atoms. The number of carbonyl (C=O) groups is 1. The summed E-state index contributed by atoms with van der Waals surface area (Å²) in [6, 6.07) is 12.0. The van der Waals surface area contributed by atoms with E-state index >= 15 is 0 Å². The van der Waals surface area contributed by atoms with Gasteiger partial charge >= 0.3 is 5.69 Å². The summed E-state index contributed by atoms with van der Waals surface area (Å²) in [6.45, 7) is 1.73. The van der Waals surface area contributed by atoms with E-state index in [2.05, 4.69) is 15.5 Å². The number of hydrazone groups is 1. The summed E-state index contributed by atoms with van der Waals surface area (Å²) in [5, 5.41) is 25.4. The van der Waals surface area contributed by atoms with Crippen molar-refractivity contribution in [2.24, 2.45) is 5.10 Å². The second kappa shape index (κ2) is 8.48. The van der Waals surface area contributed by atoms with Crippen LogP contribution in [0.25, 0.3) is 10.6 Å². The number of thiazole rings is 1. The number of aromatic hydroxyl groups is 1. The number of nitro benzene ring substituents is 1. The second-order valence-electron chi connectivity index (χ2n) is 5.85. The predicted molar refractivity (Wildman–Crippen MR) is 109 cm³/mol. The molecule has 2 N–H and O–H groups in total. The van der Waals surface area contributed by atoms with E-state index in [1.165, 1.54) is 30.7 Å². The van der Waals surface area contributed by atoms with Crippen molar-refractivity contribution in [1.29, 1.82) is 0 Å². The van der Waals surface area contributed by atoms with Gasteiger partial charge in [-0.15, -0.1) is 11.3 Å². The van der Waals surface area contributed by atoms with Crippen LogP contribution in [0.5, 0.6) is 11.5 Å². The molecule has 0 bridgehead atoms. The summed E-state index contributed by atoms with van der Waals surface area (Å²) in [6.07, 6.45) is 1.22. The van der Waals surface area contributed by atoms with Crippen molar-refractivity contribution in [3.63, 3.8) is 0 Å². The summed E-state index contributed by atoms with van der Waals surface area (Å²) in [4.78, 5) is 27.6. The van der Waals surface area contributed by atoms with Crippen molar-refractivity contribution in [1.82, 2.24) is 10.4 Å². The van der Waals surface area contributed by atoms with Crippen LogP contribution >= 0.6 is 11.3 Å². The number of phenolic OH excluding ortho intramolecular Hbond substituents is 1. The molecule has 9 nitrogen and oxygen atoms in total. The van der Waals surface area contributed by atoms with Crippen LogP contribution in [0.1, 0.15) is 20.9 Å². The van der Waals surface area contributed by atoms with Gasteiger partial charge in [-0.3, -0.25) is 14.9 Å². The van der Waals surface area contributed by atoms with Gasteiger partial charge in [-0.2, -0.15) is 5.10 Å². The number of nitro groups is 1. The molecular formula is C19H16N4O5S. The molecule has 148 valence electrons. The molecule has 3 rings (SSSR count). The number of phenols is 1. The average molecular weight is 412 g/mol. The Morgan fingerprint density at radius 3 is 2.72 bits per heavy atom. The summed E-state index contributed by atoms with van der Waals surface area (Å²) >= 11 is 1.24. The third-order valence-corrected chi connectivity index (χ3v) is 5.10. The Labute approximate surface area is 169 Å². The number of hydrogen-bond donors (Lipinski definition) is 2. The van der Waals surface area contributed by atoms with Crippen molar-refractivity contribution < 1.29 is 19.6 Å². The zero-order chi connectivity index (χ0) is 21.0. The van der Waals surface area contributed by atoms with Crippen LogP contribution in [-0.4, -0.2) is 34.2 Å². The van der Waals surface area contributed by atoms with Gasteiger partial charge in [0, 0.05) is 17.2 Å². The Balaban J connectivity index is 1.78. The lowest BCUT2D eigenvalue weighted by molar-refractivity contribution is -0.386. The first-order valence-electron chi connectivity index (χ1n) is 8.32. The number of carbonyl (C=O) groups excluding carboxylic acids is 1. The van der Waals surface area contributed by atoms with Gasteiger partial charge in [0.2, 0.25) is 5.75 Å². The van der Waals surface area contributed by atoms with Crippen molar-refractivity contribution in [2.45, 2.75) is 6.92 Å². The number of nitrogens with zero attached hydrogens (tertiary/aromatic N) is 3. The first-order chi connectivity index (χ1) is 13.9. The monoisotopic (exact) mass is 412 g/mol. The Morgan fingerprint density at radius 2 is 2.07 bits per heavy atom. The maximum atomic E-state index is 12.4. The Kier molecular flexibility index (Phi) is 5.84. The highest BCUT2D eigenvalue weighted by Crippen LogP contribution is 2.36. The van der Waals surface area contributed by atoms with E-state index in [-0.39, 0.29) is 11.3 Å². The number of nitrogens with one attached hydrogen (secondary N) is 1. The minimum absolute atomic E-state index is 0.0715. The lowest BCUT2D eigenvalue weighted by atomic mass is 10.2. The molecule has 0 aliphatic rings. The number of methoxy groups -OCH3 is 1. The molecular weight excluding hydrogens is 396 g/mol. The number of aryl methyl sites for hydroxylation is 1. The molecule has 0 saturated heterocycles. The van der Waals surface area contributed by atoms with Gasteiger partial charge in [-0.1, -0.05) is 30.3 Å². The first kappa shape index (κ1) is 20.0. The van der Waals surface area contributed by atoms with E-state index in [9.17, 15) is 20.0 Å². The average Bonchev–Trinajstić information content (AvgIpc) is 3.11. The number of amides is 1. The van der Waals surface area contributed by atoms with Crippen molar-refractivity contribution in [2.75, 3.05) is 7.11 Å². The Bertz CT molecular complexity index is 1100. The molecule has 2 aromatic carbocycles. The smallest absolute Gasteiger partial charge is 0.315 e. The van der Waals surface area contributed by atoms with Crippen LogP contribution in [0, 0.1) is 17.0 Å². The minimum atomic E-state index is -0.737. The van der Waals surface area contributed by atoms with E-state index in [1.54, 1.807) is 6.92 Å². The van der Waals surface area contributed by atoms with Crippen LogP contribution in [0.3, 0.4) is 0 Å². The van der Waals surface area contributed by atoms with Gasteiger partial charge < -0.3 is 9.84 Å². The van der Waals surface area contributed by atoms with Gasteiger partial charge in [0.25, 0.3) is 5.91 Å². The third-order valence-electron chi connectivity index (χ3n) is 3.90. The normalized spacial score (nSPS) is 10.8. The van der Waals surface area contributed by atoms with Crippen LogP contribution in [0.4, 0.5) is 5.69 Å². The van der Waals surface area contributed by atoms with Crippen molar-refractivity contribution in [3.05, 3.63) is 68.7 Å². The van der Waals surface area contributed by atoms with Gasteiger partial charge in [0.1, 0.15) is 9.88 Å². The van der Waals surface area contributed by atoms with Gasteiger partial charge in [0.05, 0.1) is 23.9 Å². The molecule has 1 aromatic heterocycles. The summed E-state index contributed by atoms with van der Waals surface area (Å²) in [5.41, 5.74) is 3.61. The Hall–Kier alpha value is -3.79. The number of rotatable bonds is 6. The lowest BCUT2D eigenvalue weighted by Gasteiger charge is -2.05. The minimum Gasteiger partial charge on any atom is -0.500 e. The molecule has 1 amide bonds. The highest BCUT2D eigenvalue weighted by molar-refractivity contribution is 7.17. The van der Waals surface area contributed by atoms with Crippen LogP contribution < -0.4 is 10.2 Å². The van der Waals surface area contributed by atoms with Gasteiger partial charge in [-0.05, 0) is 13.0 Å². The topological polar surface area (TPSA) is 127 Å². The maximum absolute atomic E-state index is 12.4. The fourth-order valence-corrected chi connectivity index (χ4v) is 3.47. The zero-order valence-corrected chi connectivity index (χ0v) is 16.3. The van der Waals surface area contributed by atoms with Gasteiger partial charge in [-0.25, -0.2) is 10.4 Å². The molecule has 0 radical (unpaired) electrons. The zero-order valence-electron chi connectivity index (χ0n) is 15.4. The quantitative estimate of drug-likeness (QED) is 0.362. The van der Waals surface area contributed by atoms with Crippen molar-refractivity contribution in [3.8, 4) is 22.1 Å². The van der Waals surface area contributed by atoms with Gasteiger partial charge in [0.15, 0.2) is 5.75 Å². The summed E-state index contributed by atoms with van der Waals surface area (Å²) in [7, 11) is 1.28. The standard InChI is InChI=1S/C19H16N4O5S/c1-11-17(29-19(21-11)13-6-4-3-5-7-13)18(25)22-20-10-12-8-14(23(26)27)16(24)15(9-12)28-2/h3-10,24H,1-2H3,(H,22,25)/b20-10+. The number of ether oxygens (including phenoxy) is 1. The maximum Gasteiger partial charge on any atom is 0.315 e. The van der Waals surface area contributed by atoms with Crippen LogP contribution in [-0.2, 0) is 0 Å². The fourth-order valence-electron chi connectivity index (χ4n) is 2.51. The highest BCUT2D eigenvalue weighted by Gasteiger charge is 2.19. The van der Waals surface area contributed by atoms with E-state index < -0.39 is 22.3 Å². The fraction of sp³-hybridized carbons (Fsp3) is 0.105. The van der Waals surface area contributed by atoms with E-state index in [0.717, 1.165) is 16.6 Å². The summed E-state index contributed by atoms with van der Waals surface area (Å²) < 4.78 is 4.92. The molecule has 0 aliphatic carbocycles. The Morgan fingerprint density at radius 1 is 1.34 bits per heavy atom. The summed E-state index contributed by atoms with van der Waals surface area (Å²) in [5.74, 6) is -1.09. The molecule has 0 unspecified atom stereocenters. The third kappa shape index (κ3) is 4.38. The highest BCUT2D eigenvalue weighted by atomic mass is 32.1. The molecule has 0 saturated carbocycles. The lowest BCUT2D eigenvalue weighted by Crippen LogP contribution is -2.17.